The van der Waals surface area contributed by atoms with Gasteiger partial charge in [-0.1, -0.05) is 39.3 Å². The van der Waals surface area contributed by atoms with Crippen LogP contribution in [0.15, 0.2) is 51.5 Å². The van der Waals surface area contributed by atoms with Gasteiger partial charge in [0.2, 0.25) is 17.6 Å². The topological polar surface area (TPSA) is 80.5 Å². The second-order valence-corrected chi connectivity index (χ2v) is 9.95. The molecule has 1 saturated heterocycles. The number of benzene rings is 2. The number of nitrogens with zero attached hydrogens (tertiary/aromatic N) is 3. The molecule has 1 unspecified atom stereocenters. The molecule has 1 N–H and O–H groups in total. The third-order valence-corrected chi connectivity index (χ3v) is 6.73. The van der Waals surface area contributed by atoms with Gasteiger partial charge >= 0.3 is 0 Å². The number of ether oxygens (including phenoxy) is 1. The lowest BCUT2D eigenvalue weighted by Gasteiger charge is -2.30. The van der Waals surface area contributed by atoms with Gasteiger partial charge < -0.3 is 14.6 Å². The average molecular weight is 527 g/mol. The number of amides is 1. The molecule has 0 radical (unpaired) electrons. The van der Waals surface area contributed by atoms with Gasteiger partial charge in [0.1, 0.15) is 12.4 Å². The Labute approximate surface area is 209 Å². The van der Waals surface area contributed by atoms with Gasteiger partial charge in [-0.05, 0) is 82.1 Å². The van der Waals surface area contributed by atoms with E-state index in [2.05, 4.69) is 56.2 Å². The van der Waals surface area contributed by atoms with Crippen LogP contribution in [0, 0.1) is 19.8 Å². The van der Waals surface area contributed by atoms with E-state index in [-0.39, 0.29) is 17.9 Å². The summed E-state index contributed by atoms with van der Waals surface area (Å²) in [6, 6.07) is 13.8. The minimum absolute atomic E-state index is 0.0141. The highest BCUT2D eigenvalue weighted by atomic mass is 79.9. The van der Waals surface area contributed by atoms with Crippen molar-refractivity contribution in [1.29, 1.82) is 0 Å². The van der Waals surface area contributed by atoms with E-state index in [1.54, 1.807) is 0 Å². The molecular weight excluding hydrogens is 496 g/mol. The molecule has 1 atom stereocenters. The predicted octanol–water partition coefficient (Wildman–Crippen LogP) is 4.91. The molecular formula is C26H31BrN4O3. The number of rotatable bonds is 8. The largest absolute Gasteiger partial charge is 0.491 e. The first-order chi connectivity index (χ1) is 16.4. The number of carbonyl (C=O) groups is 1. The van der Waals surface area contributed by atoms with E-state index in [1.165, 1.54) is 11.1 Å². The SMILES string of the molecule is Cc1ccc(OCC(C)NC(=O)C2CCN(Cc3nc(-c4cccc(Br)c4)no3)CC2)cc1C. The van der Waals surface area contributed by atoms with Crippen LogP contribution in [0.5, 0.6) is 5.75 Å². The zero-order valence-corrected chi connectivity index (χ0v) is 21.5. The zero-order chi connectivity index (χ0) is 24.1. The number of nitrogens with one attached hydrogen (secondary N) is 1. The fraction of sp³-hybridized carbons (Fsp3) is 0.423. The van der Waals surface area contributed by atoms with E-state index in [0.717, 1.165) is 41.7 Å². The lowest BCUT2D eigenvalue weighted by Crippen LogP contribution is -2.44. The minimum Gasteiger partial charge on any atom is -0.491 e. The number of aromatic nitrogens is 2. The van der Waals surface area contributed by atoms with Gasteiger partial charge in [0, 0.05) is 16.0 Å². The molecule has 0 spiro atoms. The van der Waals surface area contributed by atoms with Gasteiger partial charge in [-0.3, -0.25) is 9.69 Å². The molecule has 1 aliphatic heterocycles. The van der Waals surface area contributed by atoms with Crippen LogP contribution < -0.4 is 10.1 Å². The van der Waals surface area contributed by atoms with Crippen LogP contribution in [0.1, 0.15) is 36.8 Å². The predicted molar refractivity (Wildman–Crippen MR) is 134 cm³/mol. The van der Waals surface area contributed by atoms with Crippen LogP contribution in [0.2, 0.25) is 0 Å². The molecule has 1 aliphatic rings. The van der Waals surface area contributed by atoms with E-state index in [9.17, 15) is 4.79 Å². The lowest BCUT2D eigenvalue weighted by molar-refractivity contribution is -0.127. The Morgan fingerprint density at radius 2 is 2.00 bits per heavy atom. The first kappa shape index (κ1) is 24.4. The van der Waals surface area contributed by atoms with Crippen molar-refractivity contribution in [3.8, 4) is 17.1 Å². The summed E-state index contributed by atoms with van der Waals surface area (Å²) in [5.74, 6) is 2.13. The maximum atomic E-state index is 12.7. The van der Waals surface area contributed by atoms with Crippen LogP contribution in [0.4, 0.5) is 0 Å². The third-order valence-electron chi connectivity index (χ3n) is 6.24. The normalized spacial score (nSPS) is 15.8. The fourth-order valence-corrected chi connectivity index (χ4v) is 4.43. The summed E-state index contributed by atoms with van der Waals surface area (Å²) in [5.41, 5.74) is 3.35. The van der Waals surface area contributed by atoms with Crippen LogP contribution in [-0.2, 0) is 11.3 Å². The van der Waals surface area contributed by atoms with Crippen molar-refractivity contribution in [2.75, 3.05) is 19.7 Å². The summed E-state index contributed by atoms with van der Waals surface area (Å²) in [6.45, 7) is 8.81. The summed E-state index contributed by atoms with van der Waals surface area (Å²) in [5, 5.41) is 7.22. The highest BCUT2D eigenvalue weighted by molar-refractivity contribution is 9.10. The molecule has 0 bridgehead atoms. The fourth-order valence-electron chi connectivity index (χ4n) is 4.04. The molecule has 1 fully saturated rings. The Kier molecular flexibility index (Phi) is 8.00. The van der Waals surface area contributed by atoms with Gasteiger partial charge in [-0.2, -0.15) is 4.98 Å². The van der Waals surface area contributed by atoms with Gasteiger partial charge in [-0.15, -0.1) is 0 Å². The van der Waals surface area contributed by atoms with Gasteiger partial charge in [0.05, 0.1) is 12.6 Å². The van der Waals surface area contributed by atoms with Crippen LogP contribution in [0.25, 0.3) is 11.4 Å². The van der Waals surface area contributed by atoms with Crippen LogP contribution >= 0.6 is 15.9 Å². The lowest BCUT2D eigenvalue weighted by atomic mass is 9.95. The Morgan fingerprint density at radius 3 is 2.74 bits per heavy atom. The maximum Gasteiger partial charge on any atom is 0.241 e. The van der Waals surface area contributed by atoms with Gasteiger partial charge in [0.15, 0.2) is 0 Å². The molecule has 7 nitrogen and oxygen atoms in total. The van der Waals surface area contributed by atoms with Gasteiger partial charge in [-0.25, -0.2) is 0 Å². The Bertz CT molecular complexity index is 1120. The Balaban J connectivity index is 1.20. The third kappa shape index (κ3) is 6.45. The number of aryl methyl sites for hydroxylation is 2. The van der Waals surface area contributed by atoms with Crippen molar-refractivity contribution in [3.63, 3.8) is 0 Å². The van der Waals surface area contributed by atoms with Crippen molar-refractivity contribution in [2.45, 2.75) is 46.2 Å². The molecule has 2 aromatic carbocycles. The number of halogens is 1. The summed E-state index contributed by atoms with van der Waals surface area (Å²) < 4.78 is 12.3. The summed E-state index contributed by atoms with van der Waals surface area (Å²) >= 11 is 3.47. The maximum absolute atomic E-state index is 12.7. The summed E-state index contributed by atoms with van der Waals surface area (Å²) in [6.07, 6.45) is 1.62. The first-order valence-electron chi connectivity index (χ1n) is 11.7. The van der Waals surface area contributed by atoms with Gasteiger partial charge in [0.25, 0.3) is 0 Å². The molecule has 3 aromatic rings. The summed E-state index contributed by atoms with van der Waals surface area (Å²) in [7, 11) is 0. The second kappa shape index (κ2) is 11.1. The molecule has 8 heteroatoms. The Hall–Kier alpha value is -2.71. The first-order valence-corrected chi connectivity index (χ1v) is 12.5. The van der Waals surface area contributed by atoms with Crippen LogP contribution in [0.3, 0.4) is 0 Å². The number of carbonyl (C=O) groups excluding carboxylic acids is 1. The van der Waals surface area contributed by atoms with E-state index in [1.807, 2.05) is 43.3 Å². The molecule has 1 aromatic heterocycles. The molecule has 34 heavy (non-hydrogen) atoms. The second-order valence-electron chi connectivity index (χ2n) is 9.04. The van der Waals surface area contributed by atoms with Crippen molar-refractivity contribution < 1.29 is 14.1 Å². The molecule has 180 valence electrons. The quantitative estimate of drug-likeness (QED) is 0.449. The smallest absolute Gasteiger partial charge is 0.241 e. The van der Waals surface area contributed by atoms with E-state index in [0.29, 0.717) is 24.9 Å². The highest BCUT2D eigenvalue weighted by Crippen LogP contribution is 2.23. The average Bonchev–Trinajstić information content (AvgIpc) is 3.29. The molecule has 0 aliphatic carbocycles. The molecule has 2 heterocycles. The minimum atomic E-state index is -0.0537. The number of likely N-dealkylation sites (tertiary alicyclic amines) is 1. The highest BCUT2D eigenvalue weighted by Gasteiger charge is 2.27. The van der Waals surface area contributed by atoms with Crippen molar-refractivity contribution in [3.05, 3.63) is 64.0 Å². The van der Waals surface area contributed by atoms with E-state index < -0.39 is 0 Å². The number of piperidine rings is 1. The number of hydrogen-bond acceptors (Lipinski definition) is 6. The molecule has 0 saturated carbocycles. The van der Waals surface area contributed by atoms with Crippen molar-refractivity contribution >= 4 is 21.8 Å². The summed E-state index contributed by atoms with van der Waals surface area (Å²) in [4.78, 5) is 19.5. The van der Waals surface area contributed by atoms with Crippen molar-refractivity contribution in [1.82, 2.24) is 20.4 Å². The van der Waals surface area contributed by atoms with Crippen molar-refractivity contribution in [2.24, 2.45) is 5.92 Å². The van der Waals surface area contributed by atoms with E-state index in [4.69, 9.17) is 9.26 Å². The number of hydrogen-bond donors (Lipinski definition) is 1. The van der Waals surface area contributed by atoms with Crippen LogP contribution in [-0.4, -0.2) is 46.7 Å². The standard InChI is InChI=1S/C26H31BrN4O3/c1-17-7-8-23(13-18(17)2)33-16-19(3)28-26(32)20-9-11-31(12-10-20)15-24-29-25(30-34-24)21-5-4-6-22(27)14-21/h4-8,13-14,19-20H,9-12,15-16H2,1-3H3,(H,28,32). The monoisotopic (exact) mass is 526 g/mol. The van der Waals surface area contributed by atoms with E-state index >= 15 is 0 Å². The molecule has 1 amide bonds. The Morgan fingerprint density at radius 1 is 1.21 bits per heavy atom. The molecule has 4 rings (SSSR count). The zero-order valence-electron chi connectivity index (χ0n) is 19.9.